The summed E-state index contributed by atoms with van der Waals surface area (Å²) >= 11 is 12.1. The minimum atomic E-state index is -0.733. The second-order valence-corrected chi connectivity index (χ2v) is 6.86. The van der Waals surface area contributed by atoms with E-state index < -0.39 is 5.97 Å². The lowest BCUT2D eigenvalue weighted by Crippen LogP contribution is -2.25. The van der Waals surface area contributed by atoms with Gasteiger partial charge >= 0.3 is 5.97 Å². The van der Waals surface area contributed by atoms with Crippen molar-refractivity contribution in [1.29, 1.82) is 0 Å². The third-order valence-corrected chi connectivity index (χ3v) is 4.79. The van der Waals surface area contributed by atoms with Gasteiger partial charge in [-0.25, -0.2) is 4.79 Å². The molecule has 0 N–H and O–H groups in total. The highest BCUT2D eigenvalue weighted by molar-refractivity contribution is 6.44. The van der Waals surface area contributed by atoms with Crippen LogP contribution in [0.25, 0.3) is 6.08 Å². The fourth-order valence-electron chi connectivity index (χ4n) is 2.89. The maximum absolute atomic E-state index is 12.9. The molecular formula is C21H17Cl2NO3. The summed E-state index contributed by atoms with van der Waals surface area (Å²) in [6.45, 7) is 0.769. The highest BCUT2D eigenvalue weighted by atomic mass is 35.5. The Balaban J connectivity index is 1.99. The summed E-state index contributed by atoms with van der Waals surface area (Å²) in [5.74, 6) is -1.03. The van der Waals surface area contributed by atoms with Crippen molar-refractivity contribution in [2.24, 2.45) is 0 Å². The number of esters is 1. The van der Waals surface area contributed by atoms with E-state index in [2.05, 4.69) is 0 Å². The number of nitrogens with zero attached hydrogens (tertiary/aromatic N) is 1. The lowest BCUT2D eigenvalue weighted by atomic mass is 10.1. The number of carbonyl (C=O) groups excluding carboxylic acids is 2. The van der Waals surface area contributed by atoms with E-state index in [0.29, 0.717) is 23.7 Å². The standard InChI is InChI=1S/C21H17Cl2NO3/c1-27-21(26)19(23)18-16(11-14-7-9-17(22)10-8-14)13-24(20(18)25)12-15-5-3-2-4-6-15/h2-11H,12-13H2,1H3/b16-11+,19-18-. The molecule has 2 aromatic carbocycles. The van der Waals surface area contributed by atoms with Gasteiger partial charge in [-0.15, -0.1) is 0 Å². The zero-order chi connectivity index (χ0) is 19.4. The van der Waals surface area contributed by atoms with Crippen molar-refractivity contribution in [2.45, 2.75) is 6.54 Å². The number of rotatable bonds is 4. The van der Waals surface area contributed by atoms with E-state index in [1.54, 1.807) is 17.0 Å². The Bertz CT molecular complexity index is 918. The number of hydrogen-bond acceptors (Lipinski definition) is 3. The van der Waals surface area contributed by atoms with E-state index >= 15 is 0 Å². The Labute approximate surface area is 167 Å². The molecule has 1 aliphatic rings. The monoisotopic (exact) mass is 401 g/mol. The fourth-order valence-corrected chi connectivity index (χ4v) is 3.29. The summed E-state index contributed by atoms with van der Waals surface area (Å²) in [6.07, 6.45) is 1.83. The predicted octanol–water partition coefficient (Wildman–Crippen LogP) is 4.43. The molecule has 0 radical (unpaired) electrons. The summed E-state index contributed by atoms with van der Waals surface area (Å²) in [5.41, 5.74) is 2.69. The molecule has 6 heteroatoms. The van der Waals surface area contributed by atoms with Crippen molar-refractivity contribution in [3.8, 4) is 0 Å². The lowest BCUT2D eigenvalue weighted by Gasteiger charge is -2.14. The lowest BCUT2D eigenvalue weighted by molar-refractivity contribution is -0.136. The molecule has 0 spiro atoms. The van der Waals surface area contributed by atoms with Crippen molar-refractivity contribution in [1.82, 2.24) is 4.90 Å². The van der Waals surface area contributed by atoms with Crippen LogP contribution in [0.15, 0.2) is 70.8 Å². The first-order valence-corrected chi connectivity index (χ1v) is 9.03. The summed E-state index contributed by atoms with van der Waals surface area (Å²) in [6, 6.07) is 16.8. The Morgan fingerprint density at radius 3 is 2.44 bits per heavy atom. The molecule has 0 atom stereocenters. The number of hydrogen-bond donors (Lipinski definition) is 0. The molecule has 2 aromatic rings. The van der Waals surface area contributed by atoms with Gasteiger partial charge in [0.2, 0.25) is 0 Å². The zero-order valence-corrected chi connectivity index (χ0v) is 16.1. The molecule has 0 aliphatic carbocycles. The van der Waals surface area contributed by atoms with Crippen molar-refractivity contribution < 1.29 is 14.3 Å². The Morgan fingerprint density at radius 2 is 1.81 bits per heavy atom. The van der Waals surface area contributed by atoms with Gasteiger partial charge in [-0.1, -0.05) is 65.7 Å². The van der Waals surface area contributed by atoms with Gasteiger partial charge in [0.15, 0.2) is 0 Å². The summed E-state index contributed by atoms with van der Waals surface area (Å²) in [5, 5.41) is 0.409. The normalized spacial score (nSPS) is 17.4. The molecule has 1 heterocycles. The number of amides is 1. The van der Waals surface area contributed by atoms with E-state index in [1.807, 2.05) is 48.5 Å². The van der Waals surface area contributed by atoms with Crippen molar-refractivity contribution in [3.63, 3.8) is 0 Å². The average Bonchev–Trinajstić information content (AvgIpc) is 2.98. The summed E-state index contributed by atoms with van der Waals surface area (Å²) in [4.78, 5) is 26.5. The van der Waals surface area contributed by atoms with Gasteiger partial charge in [0.1, 0.15) is 5.03 Å². The van der Waals surface area contributed by atoms with Crippen LogP contribution in [0.4, 0.5) is 0 Å². The third kappa shape index (κ3) is 4.41. The fraction of sp³-hybridized carbons (Fsp3) is 0.143. The molecular weight excluding hydrogens is 385 g/mol. The molecule has 0 unspecified atom stereocenters. The number of likely N-dealkylation sites (tertiary alicyclic amines) is 1. The quantitative estimate of drug-likeness (QED) is 0.562. The smallest absolute Gasteiger partial charge is 0.350 e. The maximum Gasteiger partial charge on any atom is 0.350 e. The third-order valence-electron chi connectivity index (χ3n) is 4.19. The number of carbonyl (C=O) groups is 2. The van der Waals surface area contributed by atoms with Crippen LogP contribution >= 0.6 is 23.2 Å². The average molecular weight is 402 g/mol. The number of methoxy groups -OCH3 is 1. The molecule has 3 rings (SSSR count). The minimum absolute atomic E-state index is 0.175. The van der Waals surface area contributed by atoms with Crippen LogP contribution < -0.4 is 0 Å². The molecule has 1 saturated heterocycles. The second-order valence-electron chi connectivity index (χ2n) is 6.05. The van der Waals surface area contributed by atoms with E-state index in [9.17, 15) is 9.59 Å². The zero-order valence-electron chi connectivity index (χ0n) is 14.6. The number of ether oxygens (including phenoxy) is 1. The topological polar surface area (TPSA) is 46.6 Å². The molecule has 4 nitrogen and oxygen atoms in total. The highest BCUT2D eigenvalue weighted by Gasteiger charge is 2.34. The Morgan fingerprint density at radius 1 is 1.15 bits per heavy atom. The number of halogens is 2. The largest absolute Gasteiger partial charge is 0.465 e. The van der Waals surface area contributed by atoms with Gasteiger partial charge in [0.05, 0.1) is 12.7 Å². The van der Waals surface area contributed by atoms with Crippen LogP contribution in [-0.4, -0.2) is 30.4 Å². The van der Waals surface area contributed by atoms with Gasteiger partial charge < -0.3 is 9.64 Å². The van der Waals surface area contributed by atoms with E-state index in [0.717, 1.165) is 11.1 Å². The van der Waals surface area contributed by atoms with Crippen LogP contribution in [0.5, 0.6) is 0 Å². The van der Waals surface area contributed by atoms with E-state index in [4.69, 9.17) is 27.9 Å². The first kappa shape index (κ1) is 19.2. The minimum Gasteiger partial charge on any atom is -0.465 e. The highest BCUT2D eigenvalue weighted by Crippen LogP contribution is 2.31. The molecule has 0 bridgehead atoms. The summed E-state index contributed by atoms with van der Waals surface area (Å²) in [7, 11) is 1.23. The Kier molecular flexibility index (Phi) is 5.99. The second kappa shape index (κ2) is 8.42. The van der Waals surface area contributed by atoms with Gasteiger partial charge in [0.25, 0.3) is 5.91 Å². The molecule has 138 valence electrons. The Hall–Kier alpha value is -2.56. The van der Waals surface area contributed by atoms with E-state index in [-0.39, 0.29) is 16.5 Å². The molecule has 1 aliphatic heterocycles. The van der Waals surface area contributed by atoms with Crippen LogP contribution in [0.1, 0.15) is 11.1 Å². The summed E-state index contributed by atoms with van der Waals surface area (Å²) < 4.78 is 4.70. The predicted molar refractivity (Wildman–Crippen MR) is 106 cm³/mol. The van der Waals surface area contributed by atoms with Gasteiger partial charge in [-0.05, 0) is 34.9 Å². The van der Waals surface area contributed by atoms with Crippen molar-refractivity contribution >= 4 is 41.2 Å². The molecule has 1 fully saturated rings. The van der Waals surface area contributed by atoms with E-state index in [1.165, 1.54) is 7.11 Å². The van der Waals surface area contributed by atoms with Crippen LogP contribution in [-0.2, 0) is 20.9 Å². The van der Waals surface area contributed by atoms with Crippen molar-refractivity contribution in [3.05, 3.63) is 86.9 Å². The van der Waals surface area contributed by atoms with Crippen LogP contribution in [0.2, 0.25) is 5.02 Å². The SMILES string of the molecule is COC(=O)/C(Cl)=C1/C(=O)N(Cc2ccccc2)C/C1=C\c1ccc(Cl)cc1. The van der Waals surface area contributed by atoms with Crippen LogP contribution in [0, 0.1) is 0 Å². The molecule has 27 heavy (non-hydrogen) atoms. The van der Waals surface area contributed by atoms with Gasteiger partial charge in [-0.2, -0.15) is 0 Å². The van der Waals surface area contributed by atoms with Gasteiger partial charge in [0, 0.05) is 18.1 Å². The molecule has 0 aromatic heterocycles. The number of benzene rings is 2. The van der Waals surface area contributed by atoms with Crippen LogP contribution in [0.3, 0.4) is 0 Å². The van der Waals surface area contributed by atoms with Gasteiger partial charge in [-0.3, -0.25) is 4.79 Å². The first-order chi connectivity index (χ1) is 13.0. The molecule has 1 amide bonds. The first-order valence-electron chi connectivity index (χ1n) is 8.27. The maximum atomic E-state index is 12.9. The van der Waals surface area contributed by atoms with Crippen molar-refractivity contribution in [2.75, 3.05) is 13.7 Å². The molecule has 0 saturated carbocycles.